The van der Waals surface area contributed by atoms with Gasteiger partial charge in [0.2, 0.25) is 12.3 Å². The molecule has 0 aromatic carbocycles. The van der Waals surface area contributed by atoms with E-state index in [0.29, 0.717) is 11.5 Å². The molecule has 0 aromatic heterocycles. The first kappa shape index (κ1) is 23.3. The van der Waals surface area contributed by atoms with Gasteiger partial charge in [0.05, 0.1) is 19.1 Å². The lowest BCUT2D eigenvalue weighted by atomic mass is 9.86. The van der Waals surface area contributed by atoms with E-state index in [-0.39, 0.29) is 26.2 Å². The van der Waals surface area contributed by atoms with E-state index in [1.807, 2.05) is 27.7 Å². The molecule has 0 saturated carbocycles. The molecule has 0 aliphatic rings. The van der Waals surface area contributed by atoms with Crippen LogP contribution < -0.4 is 5.32 Å². The second-order valence-electron chi connectivity index (χ2n) is 7.03. The molecule has 25 heavy (non-hydrogen) atoms. The van der Waals surface area contributed by atoms with Crippen LogP contribution in [0.2, 0.25) is 0 Å². The van der Waals surface area contributed by atoms with Crippen molar-refractivity contribution in [2.45, 2.75) is 53.0 Å². The molecule has 0 aromatic rings. The van der Waals surface area contributed by atoms with Crippen LogP contribution in [0.5, 0.6) is 0 Å². The normalized spacial score (nSPS) is 13.7. The molecule has 2 unspecified atom stereocenters. The monoisotopic (exact) mass is 360 g/mol. The molecule has 0 bridgehead atoms. The van der Waals surface area contributed by atoms with Crippen molar-refractivity contribution in [3.63, 3.8) is 0 Å². The van der Waals surface area contributed by atoms with Gasteiger partial charge in [-0.05, 0) is 11.8 Å². The number of nitrogens with zero attached hydrogens (tertiary/aromatic N) is 1. The summed E-state index contributed by atoms with van der Waals surface area (Å²) in [6, 6.07) is -0.843. The van der Waals surface area contributed by atoms with Gasteiger partial charge in [0.15, 0.2) is 0 Å². The number of hydrogen-bond donors (Lipinski definition) is 2. The van der Waals surface area contributed by atoms with E-state index in [4.69, 9.17) is 9.47 Å². The third-order valence-electron chi connectivity index (χ3n) is 3.73. The van der Waals surface area contributed by atoms with Crippen LogP contribution >= 0.6 is 0 Å². The lowest BCUT2D eigenvalue weighted by molar-refractivity contribution is -0.157. The Morgan fingerprint density at radius 3 is 2.40 bits per heavy atom. The van der Waals surface area contributed by atoms with Gasteiger partial charge in [0.25, 0.3) is 0 Å². The van der Waals surface area contributed by atoms with Crippen molar-refractivity contribution in [3.8, 4) is 0 Å². The molecule has 0 spiro atoms. The Morgan fingerprint density at radius 2 is 1.92 bits per heavy atom. The average molecular weight is 360 g/mol. The Labute approximate surface area is 149 Å². The number of nitrogens with one attached hydrogen (secondary N) is 1. The minimum absolute atomic E-state index is 0.104. The van der Waals surface area contributed by atoms with E-state index in [1.165, 1.54) is 7.11 Å². The zero-order valence-electron chi connectivity index (χ0n) is 15.9. The summed E-state index contributed by atoms with van der Waals surface area (Å²) in [7, 11) is 1.50. The SMILES string of the molecule is CCCCC(CN(O)C=O)C(=O)NC(C(=O)OCCOC)C(C)(C)C. The Bertz CT molecular complexity index is 422. The van der Waals surface area contributed by atoms with Crippen molar-refractivity contribution >= 4 is 18.3 Å². The summed E-state index contributed by atoms with van der Waals surface area (Å²) in [4.78, 5) is 35.5. The largest absolute Gasteiger partial charge is 0.462 e. The van der Waals surface area contributed by atoms with Crippen molar-refractivity contribution in [2.75, 3.05) is 26.9 Å². The highest BCUT2D eigenvalue weighted by Crippen LogP contribution is 2.21. The highest BCUT2D eigenvalue weighted by atomic mass is 16.6. The predicted octanol–water partition coefficient (Wildman–Crippen LogP) is 1.36. The maximum Gasteiger partial charge on any atom is 0.329 e. The molecule has 0 fully saturated rings. The molecule has 0 rings (SSSR count). The molecular formula is C17H32N2O6. The number of rotatable bonds is 12. The number of methoxy groups -OCH3 is 1. The predicted molar refractivity (Wildman–Crippen MR) is 91.8 cm³/mol. The van der Waals surface area contributed by atoms with Gasteiger partial charge in [-0.15, -0.1) is 0 Å². The van der Waals surface area contributed by atoms with Crippen LogP contribution in [-0.2, 0) is 23.9 Å². The molecule has 2 N–H and O–H groups in total. The summed E-state index contributed by atoms with van der Waals surface area (Å²) in [6.07, 6.45) is 2.40. The second kappa shape index (κ2) is 11.8. The first-order valence-corrected chi connectivity index (χ1v) is 8.54. The lowest BCUT2D eigenvalue weighted by Crippen LogP contribution is -2.52. The van der Waals surface area contributed by atoms with Crippen LogP contribution in [0.15, 0.2) is 0 Å². The summed E-state index contributed by atoms with van der Waals surface area (Å²) < 4.78 is 9.99. The van der Waals surface area contributed by atoms with E-state index < -0.39 is 29.3 Å². The van der Waals surface area contributed by atoms with Crippen LogP contribution in [0, 0.1) is 11.3 Å². The maximum atomic E-state index is 12.6. The third-order valence-corrected chi connectivity index (χ3v) is 3.73. The van der Waals surface area contributed by atoms with Crippen molar-refractivity contribution in [1.82, 2.24) is 10.4 Å². The van der Waals surface area contributed by atoms with E-state index in [1.54, 1.807) is 0 Å². The van der Waals surface area contributed by atoms with Crippen LogP contribution in [0.1, 0.15) is 47.0 Å². The van der Waals surface area contributed by atoms with Crippen molar-refractivity contribution in [1.29, 1.82) is 0 Å². The summed E-state index contributed by atoms with van der Waals surface area (Å²) in [5.41, 5.74) is -0.557. The molecule has 2 atom stereocenters. The highest BCUT2D eigenvalue weighted by Gasteiger charge is 2.35. The number of hydrogen-bond acceptors (Lipinski definition) is 6. The third kappa shape index (κ3) is 9.40. The number of ether oxygens (including phenoxy) is 2. The Kier molecular flexibility index (Phi) is 11.0. The standard InChI is InChI=1S/C17H32N2O6/c1-6-7-8-13(11-19(23)12-20)15(21)18-14(17(2,3)4)16(22)25-10-9-24-5/h12-14,23H,6-11H2,1-5H3,(H,18,21). The molecular weight excluding hydrogens is 328 g/mol. The first-order chi connectivity index (χ1) is 11.7. The van der Waals surface area contributed by atoms with Gasteiger partial charge < -0.3 is 14.8 Å². The van der Waals surface area contributed by atoms with Gasteiger partial charge in [0.1, 0.15) is 12.6 Å². The highest BCUT2D eigenvalue weighted by molar-refractivity contribution is 5.86. The second-order valence-corrected chi connectivity index (χ2v) is 7.03. The number of carbonyl (C=O) groups is 3. The number of hydroxylamine groups is 2. The quantitative estimate of drug-likeness (QED) is 0.179. The molecule has 146 valence electrons. The van der Waals surface area contributed by atoms with E-state index in [0.717, 1.165) is 12.8 Å². The topological polar surface area (TPSA) is 105 Å². The minimum Gasteiger partial charge on any atom is -0.462 e. The summed E-state index contributed by atoms with van der Waals surface area (Å²) in [5, 5.41) is 12.6. The van der Waals surface area contributed by atoms with Crippen LogP contribution in [0.25, 0.3) is 0 Å². The summed E-state index contributed by atoms with van der Waals surface area (Å²) in [6.45, 7) is 7.70. The summed E-state index contributed by atoms with van der Waals surface area (Å²) >= 11 is 0. The van der Waals surface area contributed by atoms with Crippen molar-refractivity contribution < 1.29 is 29.1 Å². The number of carbonyl (C=O) groups excluding carboxylic acids is 3. The Balaban J connectivity index is 5.04. The van der Waals surface area contributed by atoms with Crippen LogP contribution in [-0.4, -0.2) is 61.5 Å². The number of unbranched alkanes of at least 4 members (excludes halogenated alkanes) is 1. The average Bonchev–Trinajstić information content (AvgIpc) is 2.54. The van der Waals surface area contributed by atoms with Crippen LogP contribution in [0.4, 0.5) is 0 Å². The fourth-order valence-electron chi connectivity index (χ4n) is 2.22. The molecule has 0 radical (unpaired) electrons. The van der Waals surface area contributed by atoms with Gasteiger partial charge in [-0.25, -0.2) is 9.86 Å². The molecule has 0 aliphatic carbocycles. The number of esters is 1. The van der Waals surface area contributed by atoms with Gasteiger partial charge in [-0.2, -0.15) is 0 Å². The Hall–Kier alpha value is -1.67. The Morgan fingerprint density at radius 1 is 1.28 bits per heavy atom. The molecule has 8 nitrogen and oxygen atoms in total. The van der Waals surface area contributed by atoms with Crippen molar-refractivity contribution in [3.05, 3.63) is 0 Å². The molecule has 0 saturated heterocycles. The lowest BCUT2D eigenvalue weighted by Gasteiger charge is -2.31. The first-order valence-electron chi connectivity index (χ1n) is 8.54. The van der Waals surface area contributed by atoms with Crippen molar-refractivity contribution in [2.24, 2.45) is 11.3 Å². The number of amides is 2. The van der Waals surface area contributed by atoms with Gasteiger partial charge in [-0.1, -0.05) is 40.5 Å². The van der Waals surface area contributed by atoms with E-state index in [2.05, 4.69) is 5.32 Å². The fraction of sp³-hybridized carbons (Fsp3) is 0.824. The maximum absolute atomic E-state index is 12.6. The van der Waals surface area contributed by atoms with E-state index >= 15 is 0 Å². The van der Waals surface area contributed by atoms with Crippen LogP contribution in [0.3, 0.4) is 0 Å². The van der Waals surface area contributed by atoms with Gasteiger partial charge >= 0.3 is 5.97 Å². The fourth-order valence-corrected chi connectivity index (χ4v) is 2.22. The molecule has 0 aliphatic heterocycles. The molecule has 0 heterocycles. The zero-order valence-corrected chi connectivity index (χ0v) is 15.9. The zero-order chi connectivity index (χ0) is 19.5. The van der Waals surface area contributed by atoms with E-state index in [9.17, 15) is 19.6 Å². The smallest absolute Gasteiger partial charge is 0.329 e. The van der Waals surface area contributed by atoms with Gasteiger partial charge in [-0.3, -0.25) is 14.8 Å². The molecule has 8 heteroatoms. The minimum atomic E-state index is -0.843. The summed E-state index contributed by atoms with van der Waals surface area (Å²) in [5.74, 6) is -1.53. The molecule has 2 amide bonds. The van der Waals surface area contributed by atoms with Gasteiger partial charge in [0, 0.05) is 7.11 Å².